The zero-order chi connectivity index (χ0) is 23.8. The molecule has 3 aromatic rings. The van der Waals surface area contributed by atoms with Gasteiger partial charge in [0.25, 0.3) is 5.91 Å². The standard InChI is InChI=1S/C27H29N3O4/c1-33-26(23-12-6-3-7-13-23)27(32)30-18-24(34-20-21-9-4-2-5-10-21)17-29(25(31)19-30)16-22-11-8-14-28-15-22/h2-15,24,26H,16-20H2,1H3/t24-,26-/m0/s1. The van der Waals surface area contributed by atoms with Crippen molar-refractivity contribution >= 4 is 11.8 Å². The van der Waals surface area contributed by atoms with Crippen LogP contribution in [0.3, 0.4) is 0 Å². The van der Waals surface area contributed by atoms with Crippen molar-refractivity contribution in [3.63, 3.8) is 0 Å². The van der Waals surface area contributed by atoms with Crippen molar-refractivity contribution in [3.8, 4) is 0 Å². The summed E-state index contributed by atoms with van der Waals surface area (Å²) in [5.41, 5.74) is 2.71. The van der Waals surface area contributed by atoms with E-state index < -0.39 is 6.10 Å². The second-order valence-electron chi connectivity index (χ2n) is 8.30. The molecule has 1 saturated heterocycles. The summed E-state index contributed by atoms with van der Waals surface area (Å²) in [7, 11) is 1.51. The van der Waals surface area contributed by atoms with Crippen LogP contribution in [0.2, 0.25) is 0 Å². The molecule has 34 heavy (non-hydrogen) atoms. The van der Waals surface area contributed by atoms with Gasteiger partial charge in [0.1, 0.15) is 0 Å². The van der Waals surface area contributed by atoms with Crippen LogP contribution in [0.15, 0.2) is 85.2 Å². The van der Waals surface area contributed by atoms with Gasteiger partial charge in [0.05, 0.1) is 19.3 Å². The van der Waals surface area contributed by atoms with Crippen molar-refractivity contribution in [2.75, 3.05) is 26.7 Å². The first-order valence-electron chi connectivity index (χ1n) is 11.3. The normalized spacial score (nSPS) is 17.3. The number of aromatic nitrogens is 1. The SMILES string of the molecule is CO[C@H](C(=O)N1CC(=O)N(Cc2cccnc2)C[C@H](OCc2ccccc2)C1)c1ccccc1. The number of rotatable bonds is 8. The van der Waals surface area contributed by atoms with Gasteiger partial charge in [-0.05, 0) is 22.8 Å². The lowest BCUT2D eigenvalue weighted by atomic mass is 10.1. The van der Waals surface area contributed by atoms with Crippen molar-refractivity contribution in [2.45, 2.75) is 25.4 Å². The molecule has 7 heteroatoms. The molecular formula is C27H29N3O4. The first-order chi connectivity index (χ1) is 16.6. The molecule has 0 saturated carbocycles. The molecule has 176 valence electrons. The van der Waals surface area contributed by atoms with Gasteiger partial charge in [-0.3, -0.25) is 14.6 Å². The number of hydrogen-bond acceptors (Lipinski definition) is 5. The van der Waals surface area contributed by atoms with Gasteiger partial charge < -0.3 is 19.3 Å². The zero-order valence-electron chi connectivity index (χ0n) is 19.2. The highest BCUT2D eigenvalue weighted by Crippen LogP contribution is 2.22. The number of nitrogens with zero attached hydrogens (tertiary/aromatic N) is 3. The van der Waals surface area contributed by atoms with Crippen LogP contribution in [0.5, 0.6) is 0 Å². The molecule has 1 aromatic heterocycles. The van der Waals surface area contributed by atoms with Crippen LogP contribution >= 0.6 is 0 Å². The quantitative estimate of drug-likeness (QED) is 0.517. The van der Waals surface area contributed by atoms with Crippen molar-refractivity contribution < 1.29 is 19.1 Å². The Balaban J connectivity index is 1.54. The van der Waals surface area contributed by atoms with E-state index in [1.165, 1.54) is 7.11 Å². The van der Waals surface area contributed by atoms with Crippen LogP contribution in [0.25, 0.3) is 0 Å². The Kier molecular flexibility index (Phi) is 8.01. The number of benzene rings is 2. The minimum Gasteiger partial charge on any atom is -0.370 e. The molecule has 2 atom stereocenters. The molecule has 1 aliphatic rings. The van der Waals surface area contributed by atoms with Gasteiger partial charge in [-0.15, -0.1) is 0 Å². The Bertz CT molecular complexity index is 1060. The maximum absolute atomic E-state index is 13.5. The molecule has 0 aliphatic carbocycles. The van der Waals surface area contributed by atoms with Gasteiger partial charge in [-0.1, -0.05) is 66.7 Å². The Hall–Kier alpha value is -3.55. The summed E-state index contributed by atoms with van der Waals surface area (Å²) < 4.78 is 11.8. The summed E-state index contributed by atoms with van der Waals surface area (Å²) in [5.74, 6) is -0.385. The lowest BCUT2D eigenvalue weighted by Gasteiger charge is -2.27. The number of amides is 2. The highest BCUT2D eigenvalue weighted by molar-refractivity contribution is 5.88. The van der Waals surface area contributed by atoms with E-state index in [9.17, 15) is 9.59 Å². The fraction of sp³-hybridized carbons (Fsp3) is 0.296. The summed E-state index contributed by atoms with van der Waals surface area (Å²) in [6.45, 7) is 1.46. The molecule has 0 unspecified atom stereocenters. The first kappa shape index (κ1) is 23.6. The Morgan fingerprint density at radius 3 is 2.38 bits per heavy atom. The van der Waals surface area contributed by atoms with Gasteiger partial charge in [-0.2, -0.15) is 0 Å². The third-order valence-corrected chi connectivity index (χ3v) is 5.83. The fourth-order valence-electron chi connectivity index (χ4n) is 4.08. The van der Waals surface area contributed by atoms with Crippen LogP contribution in [-0.4, -0.2) is 59.4 Å². The second kappa shape index (κ2) is 11.5. The number of ether oxygens (including phenoxy) is 2. The van der Waals surface area contributed by atoms with Gasteiger partial charge in [0.2, 0.25) is 5.91 Å². The number of carbonyl (C=O) groups excluding carboxylic acids is 2. The second-order valence-corrected chi connectivity index (χ2v) is 8.30. The highest BCUT2D eigenvalue weighted by atomic mass is 16.5. The minimum atomic E-state index is -0.784. The van der Waals surface area contributed by atoms with E-state index in [1.54, 1.807) is 22.2 Å². The number of methoxy groups -OCH3 is 1. The largest absolute Gasteiger partial charge is 0.370 e. The van der Waals surface area contributed by atoms with Crippen LogP contribution in [0, 0.1) is 0 Å². The maximum atomic E-state index is 13.5. The Morgan fingerprint density at radius 2 is 1.71 bits per heavy atom. The molecule has 0 radical (unpaired) electrons. The average molecular weight is 460 g/mol. The van der Waals surface area contributed by atoms with Crippen molar-refractivity contribution in [1.29, 1.82) is 0 Å². The first-order valence-corrected chi connectivity index (χ1v) is 11.3. The molecule has 1 fully saturated rings. The molecule has 7 nitrogen and oxygen atoms in total. The predicted octanol–water partition coefficient (Wildman–Crippen LogP) is 3.23. The van der Waals surface area contributed by atoms with Crippen molar-refractivity contribution in [3.05, 3.63) is 102 Å². The van der Waals surface area contributed by atoms with Crippen molar-refractivity contribution in [2.24, 2.45) is 0 Å². The molecule has 0 N–H and O–H groups in total. The van der Waals surface area contributed by atoms with E-state index in [4.69, 9.17) is 9.47 Å². The summed E-state index contributed by atoms with van der Waals surface area (Å²) in [6, 6.07) is 23.0. The van der Waals surface area contributed by atoms with E-state index in [0.29, 0.717) is 26.2 Å². The van der Waals surface area contributed by atoms with Gasteiger partial charge in [-0.25, -0.2) is 0 Å². The van der Waals surface area contributed by atoms with E-state index in [0.717, 1.165) is 16.7 Å². The van der Waals surface area contributed by atoms with E-state index >= 15 is 0 Å². The average Bonchev–Trinajstić information content (AvgIpc) is 3.03. The fourth-order valence-corrected chi connectivity index (χ4v) is 4.08. The Labute approximate surface area is 199 Å². The minimum absolute atomic E-state index is 0.0308. The van der Waals surface area contributed by atoms with Gasteiger partial charge in [0.15, 0.2) is 6.10 Å². The Morgan fingerprint density at radius 1 is 1.00 bits per heavy atom. The third-order valence-electron chi connectivity index (χ3n) is 5.83. The molecule has 0 bridgehead atoms. The van der Waals surface area contributed by atoms with Crippen molar-refractivity contribution in [1.82, 2.24) is 14.8 Å². The topological polar surface area (TPSA) is 72.0 Å². The van der Waals surface area contributed by atoms with Crippen LogP contribution in [-0.2, 0) is 32.2 Å². The summed E-state index contributed by atoms with van der Waals surface area (Å²) in [5, 5.41) is 0. The van der Waals surface area contributed by atoms with E-state index in [-0.39, 0.29) is 24.5 Å². The smallest absolute Gasteiger partial charge is 0.256 e. The van der Waals surface area contributed by atoms with Crippen LogP contribution in [0.4, 0.5) is 0 Å². The van der Waals surface area contributed by atoms with Gasteiger partial charge >= 0.3 is 0 Å². The predicted molar refractivity (Wildman–Crippen MR) is 127 cm³/mol. The lowest BCUT2D eigenvalue weighted by Crippen LogP contribution is -2.42. The third kappa shape index (κ3) is 6.07. The lowest BCUT2D eigenvalue weighted by molar-refractivity contribution is -0.146. The van der Waals surface area contributed by atoms with E-state index in [2.05, 4.69) is 4.98 Å². The van der Waals surface area contributed by atoms with Crippen LogP contribution < -0.4 is 0 Å². The zero-order valence-corrected chi connectivity index (χ0v) is 19.2. The monoisotopic (exact) mass is 459 g/mol. The number of hydrogen-bond donors (Lipinski definition) is 0. The summed E-state index contributed by atoms with van der Waals surface area (Å²) in [4.78, 5) is 34.1. The molecule has 1 aliphatic heterocycles. The number of carbonyl (C=O) groups is 2. The summed E-state index contributed by atoms with van der Waals surface area (Å²) in [6.07, 6.45) is 2.32. The molecule has 4 rings (SSSR count). The summed E-state index contributed by atoms with van der Waals surface area (Å²) >= 11 is 0. The maximum Gasteiger partial charge on any atom is 0.256 e. The molecule has 2 aromatic carbocycles. The molecule has 2 amide bonds. The van der Waals surface area contributed by atoms with Gasteiger partial charge in [0, 0.05) is 39.1 Å². The molecule has 0 spiro atoms. The van der Waals surface area contributed by atoms with E-state index in [1.807, 2.05) is 72.8 Å². The number of pyridine rings is 1. The highest BCUT2D eigenvalue weighted by Gasteiger charge is 2.34. The molecular weight excluding hydrogens is 430 g/mol. The van der Waals surface area contributed by atoms with Crippen LogP contribution in [0.1, 0.15) is 22.8 Å². The molecule has 2 heterocycles.